The summed E-state index contributed by atoms with van der Waals surface area (Å²) in [6.07, 6.45) is 13.8. The Hall–Kier alpha value is -1.58. The lowest BCUT2D eigenvalue weighted by Crippen LogP contribution is -2.32. The van der Waals surface area contributed by atoms with Crippen LogP contribution in [0.15, 0.2) is 18.3 Å². The number of fused-ring (bicyclic) bond motifs is 1. The average Bonchev–Trinajstić information content (AvgIpc) is 2.90. The summed E-state index contributed by atoms with van der Waals surface area (Å²) in [5.74, 6) is 1.60. The molecule has 0 bridgehead atoms. The molecule has 1 aliphatic carbocycles. The third-order valence-corrected chi connectivity index (χ3v) is 4.28. The first kappa shape index (κ1) is 13.4. The normalized spacial score (nSPS) is 21.5. The molecule has 3 rings (SSSR count). The van der Waals surface area contributed by atoms with E-state index in [9.17, 15) is 4.79 Å². The van der Waals surface area contributed by atoms with Gasteiger partial charge in [0.15, 0.2) is 0 Å². The fourth-order valence-corrected chi connectivity index (χ4v) is 3.08. The van der Waals surface area contributed by atoms with Crippen molar-refractivity contribution < 1.29 is 4.79 Å². The Bertz CT molecular complexity index is 480. The highest BCUT2D eigenvalue weighted by Crippen LogP contribution is 2.18. The number of amides is 1. The lowest BCUT2D eigenvalue weighted by Gasteiger charge is -2.16. The molecule has 1 N–H and O–H groups in total. The molecule has 108 valence electrons. The second-order valence-corrected chi connectivity index (χ2v) is 5.82. The predicted molar refractivity (Wildman–Crippen MR) is 78.4 cm³/mol. The first-order valence-corrected chi connectivity index (χ1v) is 7.80. The lowest BCUT2D eigenvalue weighted by molar-refractivity contribution is -0.125. The van der Waals surface area contributed by atoms with Gasteiger partial charge in [0.2, 0.25) is 5.91 Å². The van der Waals surface area contributed by atoms with Crippen molar-refractivity contribution in [2.24, 2.45) is 5.92 Å². The van der Waals surface area contributed by atoms with E-state index in [1.807, 2.05) is 0 Å². The van der Waals surface area contributed by atoms with E-state index in [4.69, 9.17) is 0 Å². The molecule has 1 aromatic rings. The summed E-state index contributed by atoms with van der Waals surface area (Å²) in [6.45, 7) is 1.80. The molecule has 1 aromatic heterocycles. The zero-order valence-electron chi connectivity index (χ0n) is 12.0. The fraction of sp³-hybridized carbons (Fsp3) is 0.625. The van der Waals surface area contributed by atoms with Crippen LogP contribution in [0.3, 0.4) is 0 Å². The van der Waals surface area contributed by atoms with Crippen LogP contribution in [-0.2, 0) is 24.2 Å². The molecule has 2 heterocycles. The summed E-state index contributed by atoms with van der Waals surface area (Å²) in [6, 6.07) is 0. The van der Waals surface area contributed by atoms with Gasteiger partial charge in [-0.05, 0) is 32.1 Å². The zero-order valence-corrected chi connectivity index (χ0v) is 12.0. The second-order valence-electron chi connectivity index (χ2n) is 5.82. The lowest BCUT2D eigenvalue weighted by atomic mass is 9.94. The standard InChI is InChI=1S/C16H23N3O/c20-16(13-6-2-1-3-7-13)17-10-9-14-12-19-11-5-4-8-15(19)18-14/h1-2,12-13H,3-11H2,(H,17,20). The minimum atomic E-state index is 0.176. The van der Waals surface area contributed by atoms with E-state index in [1.54, 1.807) is 0 Å². The quantitative estimate of drug-likeness (QED) is 0.855. The Morgan fingerprint density at radius 3 is 3.15 bits per heavy atom. The molecular weight excluding hydrogens is 250 g/mol. The monoisotopic (exact) mass is 273 g/mol. The first-order chi connectivity index (χ1) is 9.83. The zero-order chi connectivity index (χ0) is 13.8. The summed E-state index contributed by atoms with van der Waals surface area (Å²) in [4.78, 5) is 16.7. The molecule has 0 aromatic carbocycles. The third-order valence-electron chi connectivity index (χ3n) is 4.28. The van der Waals surface area contributed by atoms with Crippen LogP contribution in [-0.4, -0.2) is 22.0 Å². The average molecular weight is 273 g/mol. The van der Waals surface area contributed by atoms with Crippen LogP contribution in [0, 0.1) is 5.92 Å². The number of aromatic nitrogens is 2. The van der Waals surface area contributed by atoms with Crippen molar-refractivity contribution >= 4 is 5.91 Å². The summed E-state index contributed by atoms with van der Waals surface area (Å²) in [7, 11) is 0. The number of aryl methyl sites for hydroxylation is 2. The van der Waals surface area contributed by atoms with Crippen molar-refractivity contribution in [3.8, 4) is 0 Å². The van der Waals surface area contributed by atoms with Gasteiger partial charge in [0.1, 0.15) is 5.82 Å². The number of nitrogens with zero attached hydrogens (tertiary/aromatic N) is 2. The molecule has 1 unspecified atom stereocenters. The minimum absolute atomic E-state index is 0.176. The number of carbonyl (C=O) groups is 1. The van der Waals surface area contributed by atoms with Crippen LogP contribution < -0.4 is 5.32 Å². The highest BCUT2D eigenvalue weighted by atomic mass is 16.1. The maximum Gasteiger partial charge on any atom is 0.223 e. The third kappa shape index (κ3) is 3.11. The van der Waals surface area contributed by atoms with Crippen LogP contribution >= 0.6 is 0 Å². The number of carbonyl (C=O) groups excluding carboxylic acids is 1. The largest absolute Gasteiger partial charge is 0.355 e. The van der Waals surface area contributed by atoms with Crippen molar-refractivity contribution in [3.05, 3.63) is 29.9 Å². The maximum atomic E-state index is 12.0. The van der Waals surface area contributed by atoms with Gasteiger partial charge in [-0.15, -0.1) is 0 Å². The van der Waals surface area contributed by atoms with E-state index in [2.05, 4.69) is 33.2 Å². The topological polar surface area (TPSA) is 46.9 Å². The van der Waals surface area contributed by atoms with E-state index in [0.717, 1.165) is 44.3 Å². The van der Waals surface area contributed by atoms with Gasteiger partial charge in [0, 0.05) is 38.0 Å². The SMILES string of the molecule is O=C(NCCc1cn2c(n1)CCCC2)C1CC=CCC1. The summed E-state index contributed by atoms with van der Waals surface area (Å²) in [5, 5.41) is 3.06. The van der Waals surface area contributed by atoms with Crippen molar-refractivity contribution in [2.45, 2.75) is 51.5 Å². The Balaban J connectivity index is 1.46. The number of nitrogens with one attached hydrogen (secondary N) is 1. The van der Waals surface area contributed by atoms with Gasteiger partial charge < -0.3 is 9.88 Å². The Kier molecular flexibility index (Phi) is 4.19. The number of allylic oxidation sites excluding steroid dienone is 2. The molecule has 1 atom stereocenters. The highest BCUT2D eigenvalue weighted by Gasteiger charge is 2.18. The summed E-state index contributed by atoms with van der Waals surface area (Å²) in [5.41, 5.74) is 1.12. The number of imidazole rings is 1. The van der Waals surface area contributed by atoms with Crippen LogP contribution in [0.2, 0.25) is 0 Å². The van der Waals surface area contributed by atoms with Gasteiger partial charge in [-0.2, -0.15) is 0 Å². The highest BCUT2D eigenvalue weighted by molar-refractivity contribution is 5.78. The molecule has 4 heteroatoms. The van der Waals surface area contributed by atoms with Crippen molar-refractivity contribution in [1.82, 2.24) is 14.9 Å². The number of rotatable bonds is 4. The second kappa shape index (κ2) is 6.25. The van der Waals surface area contributed by atoms with E-state index in [1.165, 1.54) is 18.7 Å². The Morgan fingerprint density at radius 1 is 1.40 bits per heavy atom. The van der Waals surface area contributed by atoms with Gasteiger partial charge in [-0.1, -0.05) is 12.2 Å². The van der Waals surface area contributed by atoms with Crippen molar-refractivity contribution in [1.29, 1.82) is 0 Å². The number of hydrogen-bond donors (Lipinski definition) is 1. The van der Waals surface area contributed by atoms with Gasteiger partial charge >= 0.3 is 0 Å². The number of hydrogen-bond acceptors (Lipinski definition) is 2. The molecule has 0 radical (unpaired) electrons. The van der Waals surface area contributed by atoms with Gasteiger partial charge in [-0.3, -0.25) is 4.79 Å². The molecule has 0 spiro atoms. The van der Waals surface area contributed by atoms with E-state index in [-0.39, 0.29) is 11.8 Å². The smallest absolute Gasteiger partial charge is 0.223 e. The molecule has 20 heavy (non-hydrogen) atoms. The van der Waals surface area contributed by atoms with Crippen molar-refractivity contribution in [2.75, 3.05) is 6.54 Å². The molecular formula is C16H23N3O. The van der Waals surface area contributed by atoms with E-state index >= 15 is 0 Å². The molecule has 0 fully saturated rings. The molecule has 1 amide bonds. The minimum Gasteiger partial charge on any atom is -0.355 e. The molecule has 2 aliphatic rings. The van der Waals surface area contributed by atoms with Crippen molar-refractivity contribution in [3.63, 3.8) is 0 Å². The maximum absolute atomic E-state index is 12.0. The van der Waals surface area contributed by atoms with Crippen LogP contribution in [0.4, 0.5) is 0 Å². The molecule has 0 saturated heterocycles. The Morgan fingerprint density at radius 2 is 2.35 bits per heavy atom. The van der Waals surface area contributed by atoms with E-state index < -0.39 is 0 Å². The predicted octanol–water partition coefficient (Wildman–Crippen LogP) is 2.23. The van der Waals surface area contributed by atoms with Crippen LogP contribution in [0.5, 0.6) is 0 Å². The molecule has 0 saturated carbocycles. The van der Waals surface area contributed by atoms with Crippen LogP contribution in [0.1, 0.15) is 43.6 Å². The van der Waals surface area contributed by atoms with Gasteiger partial charge in [0.25, 0.3) is 0 Å². The fourth-order valence-electron chi connectivity index (χ4n) is 3.08. The van der Waals surface area contributed by atoms with Crippen LogP contribution in [0.25, 0.3) is 0 Å². The molecule has 1 aliphatic heterocycles. The first-order valence-electron chi connectivity index (χ1n) is 7.80. The van der Waals surface area contributed by atoms with Gasteiger partial charge in [-0.25, -0.2) is 4.98 Å². The van der Waals surface area contributed by atoms with E-state index in [0.29, 0.717) is 6.54 Å². The Labute approximate surface area is 120 Å². The molecule has 4 nitrogen and oxygen atoms in total. The van der Waals surface area contributed by atoms with Gasteiger partial charge in [0.05, 0.1) is 5.69 Å². The summed E-state index contributed by atoms with van der Waals surface area (Å²) < 4.78 is 2.27. The summed E-state index contributed by atoms with van der Waals surface area (Å²) >= 11 is 0.